The first-order valence-electron chi connectivity index (χ1n) is 10.8. The number of hydrogen-bond acceptors (Lipinski definition) is 6. The molecule has 10 nitrogen and oxygen atoms in total. The number of carboxylic acids is 1. The van der Waals surface area contributed by atoms with E-state index < -0.39 is 41.8 Å². The fourth-order valence-electron chi connectivity index (χ4n) is 3.11. The van der Waals surface area contributed by atoms with Crippen LogP contribution in [-0.4, -0.2) is 60.0 Å². The van der Waals surface area contributed by atoms with Crippen molar-refractivity contribution in [1.82, 2.24) is 16.0 Å². The lowest BCUT2D eigenvalue weighted by atomic mass is 10.00. The summed E-state index contributed by atoms with van der Waals surface area (Å²) in [5.41, 5.74) is 11.6. The van der Waals surface area contributed by atoms with E-state index in [0.29, 0.717) is 19.4 Å². The van der Waals surface area contributed by atoms with Crippen LogP contribution in [0.25, 0.3) is 0 Å². The van der Waals surface area contributed by atoms with Crippen LogP contribution in [-0.2, 0) is 25.6 Å². The highest BCUT2D eigenvalue weighted by atomic mass is 16.4. The monoisotopic (exact) mass is 449 g/mol. The summed E-state index contributed by atoms with van der Waals surface area (Å²) in [5, 5.41) is 17.1. The summed E-state index contributed by atoms with van der Waals surface area (Å²) in [7, 11) is 0. The summed E-state index contributed by atoms with van der Waals surface area (Å²) in [4.78, 5) is 49.1. The SMILES string of the molecule is CC(C)C(NC(=O)C(Cc1ccccc1)NC(=O)CN)C(=O)NC(CCCCN)C(=O)O. The largest absolute Gasteiger partial charge is 0.480 e. The van der Waals surface area contributed by atoms with Crippen molar-refractivity contribution in [3.05, 3.63) is 35.9 Å². The normalized spacial score (nSPS) is 13.7. The zero-order valence-corrected chi connectivity index (χ0v) is 18.7. The zero-order valence-electron chi connectivity index (χ0n) is 18.7. The number of carbonyl (C=O) groups is 4. The third-order valence-electron chi connectivity index (χ3n) is 4.93. The molecule has 3 unspecified atom stereocenters. The number of unbranched alkanes of at least 4 members (excludes halogenated alkanes) is 1. The Morgan fingerprint density at radius 2 is 1.56 bits per heavy atom. The maximum atomic E-state index is 13.0. The van der Waals surface area contributed by atoms with Crippen LogP contribution < -0.4 is 27.4 Å². The molecule has 1 aromatic carbocycles. The molecule has 0 fully saturated rings. The first-order valence-corrected chi connectivity index (χ1v) is 10.8. The lowest BCUT2D eigenvalue weighted by molar-refractivity contribution is -0.142. The van der Waals surface area contributed by atoms with Gasteiger partial charge in [0, 0.05) is 6.42 Å². The molecule has 3 atom stereocenters. The third-order valence-corrected chi connectivity index (χ3v) is 4.93. The Hall–Kier alpha value is -2.98. The van der Waals surface area contributed by atoms with E-state index in [4.69, 9.17) is 11.5 Å². The molecule has 0 aliphatic heterocycles. The Bertz CT molecular complexity index is 756. The van der Waals surface area contributed by atoms with Crippen LogP contribution in [0.15, 0.2) is 30.3 Å². The number of hydrogen-bond donors (Lipinski definition) is 6. The van der Waals surface area contributed by atoms with Gasteiger partial charge in [-0.3, -0.25) is 14.4 Å². The van der Waals surface area contributed by atoms with E-state index in [0.717, 1.165) is 5.56 Å². The number of carboxylic acid groups (broad SMARTS) is 1. The fourth-order valence-corrected chi connectivity index (χ4v) is 3.11. The standard InChI is InChI=1S/C22H35N5O5/c1-14(2)19(21(30)26-16(22(31)32)10-6-7-11-23)27-20(29)17(25-18(28)13-24)12-15-8-4-3-5-9-15/h3-5,8-9,14,16-17,19H,6-7,10-13,23-24H2,1-2H3,(H,25,28)(H,26,30)(H,27,29)(H,31,32). The molecule has 10 heteroatoms. The Morgan fingerprint density at radius 1 is 0.906 bits per heavy atom. The van der Waals surface area contributed by atoms with Crippen LogP contribution in [0.5, 0.6) is 0 Å². The maximum absolute atomic E-state index is 13.0. The Labute approximate surface area is 188 Å². The van der Waals surface area contributed by atoms with Gasteiger partial charge in [-0.2, -0.15) is 0 Å². The number of aliphatic carboxylic acids is 1. The average Bonchev–Trinajstić information content (AvgIpc) is 2.76. The molecular formula is C22H35N5O5. The molecule has 0 aliphatic rings. The van der Waals surface area contributed by atoms with Gasteiger partial charge in [0.05, 0.1) is 6.54 Å². The van der Waals surface area contributed by atoms with Gasteiger partial charge in [0.15, 0.2) is 0 Å². The van der Waals surface area contributed by atoms with E-state index >= 15 is 0 Å². The number of nitrogens with one attached hydrogen (secondary N) is 3. The summed E-state index contributed by atoms with van der Waals surface area (Å²) in [6.45, 7) is 3.62. The quantitative estimate of drug-likeness (QED) is 0.208. The first kappa shape index (κ1) is 27.1. The minimum atomic E-state index is -1.15. The molecule has 178 valence electrons. The number of amides is 3. The number of benzene rings is 1. The summed E-state index contributed by atoms with van der Waals surface area (Å²) in [6.07, 6.45) is 1.64. The van der Waals surface area contributed by atoms with E-state index in [1.54, 1.807) is 13.8 Å². The summed E-state index contributed by atoms with van der Waals surface area (Å²) < 4.78 is 0. The predicted octanol–water partition coefficient (Wildman–Crippen LogP) is -0.488. The van der Waals surface area contributed by atoms with E-state index in [1.807, 2.05) is 30.3 Å². The van der Waals surface area contributed by atoms with E-state index in [1.165, 1.54) is 0 Å². The van der Waals surface area contributed by atoms with Gasteiger partial charge < -0.3 is 32.5 Å². The zero-order chi connectivity index (χ0) is 24.1. The minimum absolute atomic E-state index is 0.210. The Balaban J connectivity index is 2.92. The summed E-state index contributed by atoms with van der Waals surface area (Å²) >= 11 is 0. The van der Waals surface area contributed by atoms with Gasteiger partial charge in [0.1, 0.15) is 18.1 Å². The van der Waals surface area contributed by atoms with Crippen molar-refractivity contribution < 1.29 is 24.3 Å². The van der Waals surface area contributed by atoms with Crippen molar-refractivity contribution in [3.8, 4) is 0 Å². The second-order valence-electron chi connectivity index (χ2n) is 7.93. The van der Waals surface area contributed by atoms with Crippen LogP contribution in [0.1, 0.15) is 38.7 Å². The second-order valence-corrected chi connectivity index (χ2v) is 7.93. The molecule has 8 N–H and O–H groups in total. The maximum Gasteiger partial charge on any atom is 0.326 e. The molecule has 0 heterocycles. The molecule has 32 heavy (non-hydrogen) atoms. The van der Waals surface area contributed by atoms with Gasteiger partial charge in [0.25, 0.3) is 0 Å². The average molecular weight is 450 g/mol. The number of rotatable bonds is 14. The highest BCUT2D eigenvalue weighted by Crippen LogP contribution is 2.08. The van der Waals surface area contributed by atoms with Crippen LogP contribution in [0.3, 0.4) is 0 Å². The van der Waals surface area contributed by atoms with Gasteiger partial charge in [-0.1, -0.05) is 44.2 Å². The highest BCUT2D eigenvalue weighted by molar-refractivity contribution is 5.93. The van der Waals surface area contributed by atoms with Crippen molar-refractivity contribution in [2.24, 2.45) is 17.4 Å². The van der Waals surface area contributed by atoms with Crippen LogP contribution in [0.2, 0.25) is 0 Å². The molecule has 3 amide bonds. The number of nitrogens with two attached hydrogens (primary N) is 2. The molecule has 0 aliphatic carbocycles. The highest BCUT2D eigenvalue weighted by Gasteiger charge is 2.31. The number of carbonyl (C=O) groups excluding carboxylic acids is 3. The van der Waals surface area contributed by atoms with E-state index in [-0.39, 0.29) is 25.3 Å². The van der Waals surface area contributed by atoms with Crippen molar-refractivity contribution in [2.45, 2.75) is 57.7 Å². The predicted molar refractivity (Wildman–Crippen MR) is 120 cm³/mol. The molecule has 0 saturated carbocycles. The van der Waals surface area contributed by atoms with Crippen molar-refractivity contribution >= 4 is 23.7 Å². The van der Waals surface area contributed by atoms with Gasteiger partial charge >= 0.3 is 5.97 Å². The summed E-state index contributed by atoms with van der Waals surface area (Å²) in [5.74, 6) is -3.13. The molecule has 1 aromatic rings. The molecule has 0 aromatic heterocycles. The van der Waals surface area contributed by atoms with Crippen LogP contribution in [0, 0.1) is 5.92 Å². The fraction of sp³-hybridized carbons (Fsp3) is 0.545. The molecule has 0 bridgehead atoms. The molecule has 1 rings (SSSR count). The topological polar surface area (TPSA) is 177 Å². The van der Waals surface area contributed by atoms with Crippen molar-refractivity contribution in [3.63, 3.8) is 0 Å². The van der Waals surface area contributed by atoms with Gasteiger partial charge in [0.2, 0.25) is 17.7 Å². The minimum Gasteiger partial charge on any atom is -0.480 e. The van der Waals surface area contributed by atoms with Crippen molar-refractivity contribution in [2.75, 3.05) is 13.1 Å². The molecular weight excluding hydrogens is 414 g/mol. The van der Waals surface area contributed by atoms with Gasteiger partial charge in [-0.05, 0) is 37.3 Å². The second kappa shape index (κ2) is 14.2. The van der Waals surface area contributed by atoms with Gasteiger partial charge in [-0.25, -0.2) is 4.79 Å². The third kappa shape index (κ3) is 9.44. The lowest BCUT2D eigenvalue weighted by Gasteiger charge is -2.26. The lowest BCUT2D eigenvalue weighted by Crippen LogP contribution is -2.58. The molecule has 0 saturated heterocycles. The van der Waals surface area contributed by atoms with Crippen LogP contribution in [0.4, 0.5) is 0 Å². The van der Waals surface area contributed by atoms with Gasteiger partial charge in [-0.15, -0.1) is 0 Å². The van der Waals surface area contributed by atoms with Crippen LogP contribution >= 0.6 is 0 Å². The molecule has 0 radical (unpaired) electrons. The Morgan fingerprint density at radius 3 is 2.09 bits per heavy atom. The smallest absolute Gasteiger partial charge is 0.326 e. The molecule has 0 spiro atoms. The summed E-state index contributed by atoms with van der Waals surface area (Å²) in [6, 6.07) is 6.11. The van der Waals surface area contributed by atoms with E-state index in [9.17, 15) is 24.3 Å². The first-order chi connectivity index (χ1) is 15.2. The van der Waals surface area contributed by atoms with Crippen molar-refractivity contribution in [1.29, 1.82) is 0 Å². The Kier molecular flexibility index (Phi) is 12.0. The van der Waals surface area contributed by atoms with E-state index in [2.05, 4.69) is 16.0 Å².